The van der Waals surface area contributed by atoms with Crippen molar-refractivity contribution < 1.29 is 4.79 Å². The predicted octanol–water partition coefficient (Wildman–Crippen LogP) is 2.12. The SMILES string of the molecule is CCCN1CCC(CNC(=O)c2ccccc2N)CC1. The fourth-order valence-corrected chi connectivity index (χ4v) is 2.77. The minimum Gasteiger partial charge on any atom is -0.398 e. The number of para-hydroxylation sites is 1. The molecule has 0 unspecified atom stereocenters. The Balaban J connectivity index is 1.76. The number of nitrogens with one attached hydrogen (secondary N) is 1. The van der Waals surface area contributed by atoms with Crippen LogP contribution in [0.3, 0.4) is 0 Å². The Bertz CT molecular complexity index is 439. The lowest BCUT2D eigenvalue weighted by Crippen LogP contribution is -2.39. The molecule has 2 rings (SSSR count). The van der Waals surface area contributed by atoms with Gasteiger partial charge in [0.2, 0.25) is 0 Å². The molecule has 0 radical (unpaired) electrons. The van der Waals surface area contributed by atoms with E-state index in [4.69, 9.17) is 5.73 Å². The van der Waals surface area contributed by atoms with Crippen molar-refractivity contribution in [3.05, 3.63) is 29.8 Å². The number of benzene rings is 1. The third-order valence-corrected chi connectivity index (χ3v) is 4.00. The first-order valence-electron chi connectivity index (χ1n) is 7.55. The maximum absolute atomic E-state index is 12.1. The highest BCUT2D eigenvalue weighted by Gasteiger charge is 2.19. The first kappa shape index (κ1) is 14.9. The fraction of sp³-hybridized carbons (Fsp3) is 0.562. The van der Waals surface area contributed by atoms with Crippen LogP contribution in [0.15, 0.2) is 24.3 Å². The molecule has 4 nitrogen and oxygen atoms in total. The fourth-order valence-electron chi connectivity index (χ4n) is 2.77. The van der Waals surface area contributed by atoms with E-state index in [2.05, 4.69) is 17.1 Å². The molecule has 0 spiro atoms. The number of likely N-dealkylation sites (tertiary alicyclic amines) is 1. The summed E-state index contributed by atoms with van der Waals surface area (Å²) >= 11 is 0. The molecule has 1 amide bonds. The molecular weight excluding hydrogens is 250 g/mol. The number of carbonyl (C=O) groups is 1. The smallest absolute Gasteiger partial charge is 0.253 e. The van der Waals surface area contributed by atoms with Crippen LogP contribution in [0.2, 0.25) is 0 Å². The standard InChI is InChI=1S/C16H25N3O/c1-2-9-19-10-7-13(8-11-19)12-18-16(20)14-5-3-4-6-15(14)17/h3-6,13H,2,7-12,17H2,1H3,(H,18,20). The van der Waals surface area contributed by atoms with E-state index in [0.717, 1.165) is 19.6 Å². The van der Waals surface area contributed by atoms with Gasteiger partial charge in [0.15, 0.2) is 0 Å². The Morgan fingerprint density at radius 2 is 2.05 bits per heavy atom. The van der Waals surface area contributed by atoms with Crippen molar-refractivity contribution in [1.29, 1.82) is 0 Å². The van der Waals surface area contributed by atoms with Gasteiger partial charge in [0.1, 0.15) is 0 Å². The Morgan fingerprint density at radius 1 is 1.35 bits per heavy atom. The van der Waals surface area contributed by atoms with E-state index in [1.165, 1.54) is 25.8 Å². The molecule has 20 heavy (non-hydrogen) atoms. The van der Waals surface area contributed by atoms with Crippen LogP contribution in [0.5, 0.6) is 0 Å². The van der Waals surface area contributed by atoms with Crippen LogP contribution in [-0.2, 0) is 0 Å². The van der Waals surface area contributed by atoms with Gasteiger partial charge in [-0.2, -0.15) is 0 Å². The Kier molecular flexibility index (Phi) is 5.41. The van der Waals surface area contributed by atoms with Gasteiger partial charge in [-0.15, -0.1) is 0 Å². The Hall–Kier alpha value is -1.55. The lowest BCUT2D eigenvalue weighted by Gasteiger charge is -2.31. The van der Waals surface area contributed by atoms with E-state index in [-0.39, 0.29) is 5.91 Å². The first-order chi connectivity index (χ1) is 9.70. The number of nitrogens with zero attached hydrogens (tertiary/aromatic N) is 1. The zero-order chi connectivity index (χ0) is 14.4. The molecule has 0 aromatic heterocycles. The van der Waals surface area contributed by atoms with Crippen LogP contribution in [0.25, 0.3) is 0 Å². The topological polar surface area (TPSA) is 58.4 Å². The number of amides is 1. The number of hydrogen-bond acceptors (Lipinski definition) is 3. The van der Waals surface area contributed by atoms with Gasteiger partial charge in [-0.3, -0.25) is 4.79 Å². The van der Waals surface area contributed by atoms with Crippen molar-refractivity contribution in [2.24, 2.45) is 5.92 Å². The molecule has 1 heterocycles. The van der Waals surface area contributed by atoms with Gasteiger partial charge < -0.3 is 16.0 Å². The van der Waals surface area contributed by atoms with E-state index >= 15 is 0 Å². The number of rotatable bonds is 5. The quantitative estimate of drug-likeness (QED) is 0.809. The summed E-state index contributed by atoms with van der Waals surface area (Å²) < 4.78 is 0. The maximum Gasteiger partial charge on any atom is 0.253 e. The molecule has 1 aromatic rings. The third-order valence-electron chi connectivity index (χ3n) is 4.00. The summed E-state index contributed by atoms with van der Waals surface area (Å²) in [5.41, 5.74) is 6.94. The van der Waals surface area contributed by atoms with Crippen LogP contribution in [-0.4, -0.2) is 37.0 Å². The van der Waals surface area contributed by atoms with Gasteiger partial charge in [0, 0.05) is 12.2 Å². The third kappa shape index (κ3) is 3.97. The van der Waals surface area contributed by atoms with Crippen molar-refractivity contribution >= 4 is 11.6 Å². The molecule has 0 saturated carbocycles. The summed E-state index contributed by atoms with van der Waals surface area (Å²) in [6.07, 6.45) is 3.56. The number of anilines is 1. The van der Waals surface area contributed by atoms with Gasteiger partial charge in [0.05, 0.1) is 5.56 Å². The molecule has 4 heteroatoms. The highest BCUT2D eigenvalue weighted by molar-refractivity contribution is 5.99. The van der Waals surface area contributed by atoms with Gasteiger partial charge >= 0.3 is 0 Å². The van der Waals surface area contributed by atoms with Crippen LogP contribution < -0.4 is 11.1 Å². The van der Waals surface area contributed by atoms with Crippen LogP contribution in [0.4, 0.5) is 5.69 Å². The number of carbonyl (C=O) groups excluding carboxylic acids is 1. The largest absolute Gasteiger partial charge is 0.398 e. The molecule has 1 aliphatic heterocycles. The van der Waals surface area contributed by atoms with E-state index in [1.54, 1.807) is 12.1 Å². The Labute approximate surface area is 121 Å². The summed E-state index contributed by atoms with van der Waals surface area (Å²) in [4.78, 5) is 14.6. The van der Waals surface area contributed by atoms with Crippen molar-refractivity contribution in [2.45, 2.75) is 26.2 Å². The molecule has 0 atom stereocenters. The van der Waals surface area contributed by atoms with E-state index in [1.807, 2.05) is 12.1 Å². The van der Waals surface area contributed by atoms with Crippen molar-refractivity contribution in [3.8, 4) is 0 Å². The lowest BCUT2D eigenvalue weighted by atomic mass is 9.96. The minimum atomic E-state index is -0.0564. The molecule has 1 saturated heterocycles. The number of nitrogen functional groups attached to an aromatic ring is 1. The van der Waals surface area contributed by atoms with Crippen molar-refractivity contribution in [3.63, 3.8) is 0 Å². The van der Waals surface area contributed by atoms with Gasteiger partial charge in [-0.05, 0) is 56.9 Å². The maximum atomic E-state index is 12.1. The normalized spacial score (nSPS) is 17.1. The second-order valence-corrected chi connectivity index (χ2v) is 5.58. The van der Waals surface area contributed by atoms with Crippen molar-refractivity contribution in [2.75, 3.05) is 31.9 Å². The second-order valence-electron chi connectivity index (χ2n) is 5.58. The zero-order valence-electron chi connectivity index (χ0n) is 12.3. The summed E-state index contributed by atoms with van der Waals surface area (Å²) in [6, 6.07) is 7.22. The predicted molar refractivity (Wildman–Crippen MR) is 82.6 cm³/mol. The molecule has 0 aliphatic carbocycles. The molecule has 110 valence electrons. The number of nitrogens with two attached hydrogens (primary N) is 1. The lowest BCUT2D eigenvalue weighted by molar-refractivity contribution is 0.0937. The van der Waals surface area contributed by atoms with Crippen molar-refractivity contribution in [1.82, 2.24) is 10.2 Å². The van der Waals surface area contributed by atoms with E-state index in [9.17, 15) is 4.79 Å². The molecule has 1 aromatic carbocycles. The van der Waals surface area contributed by atoms with Gasteiger partial charge in [-0.25, -0.2) is 0 Å². The van der Waals surface area contributed by atoms with Crippen LogP contribution in [0, 0.1) is 5.92 Å². The zero-order valence-corrected chi connectivity index (χ0v) is 12.3. The van der Waals surface area contributed by atoms with Crippen LogP contribution >= 0.6 is 0 Å². The molecular formula is C16H25N3O. The highest BCUT2D eigenvalue weighted by Crippen LogP contribution is 2.17. The van der Waals surface area contributed by atoms with Crippen LogP contribution in [0.1, 0.15) is 36.5 Å². The monoisotopic (exact) mass is 275 g/mol. The Morgan fingerprint density at radius 3 is 2.70 bits per heavy atom. The molecule has 0 bridgehead atoms. The summed E-state index contributed by atoms with van der Waals surface area (Å²) in [5, 5.41) is 3.02. The molecule has 3 N–H and O–H groups in total. The van der Waals surface area contributed by atoms with E-state index in [0.29, 0.717) is 17.2 Å². The number of hydrogen-bond donors (Lipinski definition) is 2. The summed E-state index contributed by atoms with van der Waals surface area (Å²) in [5.74, 6) is 0.538. The average molecular weight is 275 g/mol. The summed E-state index contributed by atoms with van der Waals surface area (Å²) in [6.45, 7) is 6.48. The first-order valence-corrected chi connectivity index (χ1v) is 7.55. The minimum absolute atomic E-state index is 0.0564. The van der Waals surface area contributed by atoms with Gasteiger partial charge in [0.25, 0.3) is 5.91 Å². The van der Waals surface area contributed by atoms with Gasteiger partial charge in [-0.1, -0.05) is 19.1 Å². The number of piperidine rings is 1. The summed E-state index contributed by atoms with van der Waals surface area (Å²) in [7, 11) is 0. The highest BCUT2D eigenvalue weighted by atomic mass is 16.1. The van der Waals surface area contributed by atoms with E-state index < -0.39 is 0 Å². The second kappa shape index (κ2) is 7.29. The average Bonchev–Trinajstić information content (AvgIpc) is 2.47. The molecule has 1 aliphatic rings. The molecule has 1 fully saturated rings.